The lowest BCUT2D eigenvalue weighted by Gasteiger charge is -2.10. The molecule has 0 aliphatic heterocycles. The Morgan fingerprint density at radius 3 is 1.54 bits per heavy atom. The average Bonchev–Trinajstić information content (AvgIpc) is 3.83. The summed E-state index contributed by atoms with van der Waals surface area (Å²) in [5, 5.41) is 4.85. The molecule has 5 nitrogen and oxygen atoms in total. The Labute approximate surface area is 323 Å². The van der Waals surface area contributed by atoms with Crippen molar-refractivity contribution < 1.29 is 0 Å². The van der Waals surface area contributed by atoms with Gasteiger partial charge in [-0.15, -0.1) is 0 Å². The van der Waals surface area contributed by atoms with Gasteiger partial charge >= 0.3 is 0 Å². The molecule has 0 fully saturated rings. The van der Waals surface area contributed by atoms with Gasteiger partial charge in [-0.05, 0) is 41.0 Å². The molecule has 5 heteroatoms. The van der Waals surface area contributed by atoms with E-state index in [-0.39, 0.29) is 0 Å². The number of hydrogen-bond acceptors (Lipinski definition) is 3. The van der Waals surface area contributed by atoms with Gasteiger partial charge in [0, 0.05) is 49.5 Å². The van der Waals surface area contributed by atoms with Crippen molar-refractivity contribution >= 4 is 43.6 Å². The second-order valence-corrected chi connectivity index (χ2v) is 14.1. The molecule has 0 amide bonds. The van der Waals surface area contributed by atoms with Crippen LogP contribution in [0.4, 0.5) is 0 Å². The number of aromatic amines is 1. The third-order valence-corrected chi connectivity index (χ3v) is 10.8. The van der Waals surface area contributed by atoms with E-state index in [1.807, 2.05) is 60.7 Å². The van der Waals surface area contributed by atoms with Crippen LogP contribution in [0, 0.1) is 0 Å². The van der Waals surface area contributed by atoms with Crippen molar-refractivity contribution in [2.24, 2.45) is 0 Å². The summed E-state index contributed by atoms with van der Waals surface area (Å²) in [7, 11) is 0. The summed E-state index contributed by atoms with van der Waals surface area (Å²) in [4.78, 5) is 18.7. The quantitative estimate of drug-likeness (QED) is 0.186. The van der Waals surface area contributed by atoms with Crippen LogP contribution in [-0.4, -0.2) is 24.5 Å². The smallest absolute Gasteiger partial charge is 0.164 e. The fourth-order valence-corrected chi connectivity index (χ4v) is 8.16. The summed E-state index contributed by atoms with van der Waals surface area (Å²) in [5.74, 6) is 1.94. The van der Waals surface area contributed by atoms with E-state index in [9.17, 15) is 0 Å². The number of H-pyrrole nitrogens is 1. The molecule has 0 unspecified atom stereocenters. The van der Waals surface area contributed by atoms with Gasteiger partial charge in [0.1, 0.15) is 0 Å². The molecule has 56 heavy (non-hydrogen) atoms. The largest absolute Gasteiger partial charge is 0.353 e. The van der Waals surface area contributed by atoms with Gasteiger partial charge in [-0.3, -0.25) is 0 Å². The van der Waals surface area contributed by atoms with Gasteiger partial charge in [0.05, 0.1) is 22.1 Å². The summed E-state index contributed by atoms with van der Waals surface area (Å²) >= 11 is 0. The van der Waals surface area contributed by atoms with E-state index in [2.05, 4.69) is 143 Å². The summed E-state index contributed by atoms with van der Waals surface area (Å²) in [5.41, 5.74) is 13.2. The Morgan fingerprint density at radius 1 is 0.339 bits per heavy atom. The zero-order valence-electron chi connectivity index (χ0n) is 30.3. The first-order chi connectivity index (χ1) is 27.8. The van der Waals surface area contributed by atoms with Crippen molar-refractivity contribution in [2.45, 2.75) is 0 Å². The number of aromatic nitrogens is 5. The Kier molecular flexibility index (Phi) is 7.42. The molecule has 0 spiro atoms. The molecular weight excluding hydrogens is 683 g/mol. The molecule has 1 N–H and O–H groups in total. The number of benzene rings is 8. The number of hydrogen-bond donors (Lipinski definition) is 1. The third-order valence-electron chi connectivity index (χ3n) is 10.8. The maximum absolute atomic E-state index is 4.95. The van der Waals surface area contributed by atoms with Gasteiger partial charge in [0.2, 0.25) is 0 Å². The lowest BCUT2D eigenvalue weighted by Crippen LogP contribution is -2.00. The number of rotatable bonds is 6. The molecule has 0 atom stereocenters. The van der Waals surface area contributed by atoms with Crippen LogP contribution < -0.4 is 0 Å². The highest BCUT2D eigenvalue weighted by molar-refractivity contribution is 6.26. The van der Waals surface area contributed by atoms with Crippen LogP contribution in [0.3, 0.4) is 0 Å². The lowest BCUT2D eigenvalue weighted by molar-refractivity contribution is 1.07. The highest BCUT2D eigenvalue weighted by Gasteiger charge is 2.19. The molecule has 0 saturated heterocycles. The predicted octanol–water partition coefficient (Wildman–Crippen LogP) is 12.9. The van der Waals surface area contributed by atoms with Crippen molar-refractivity contribution in [3.63, 3.8) is 0 Å². The number of nitrogens with one attached hydrogen (secondary N) is 1. The Bertz CT molecular complexity index is 3160. The first-order valence-electron chi connectivity index (χ1n) is 18.9. The van der Waals surface area contributed by atoms with Crippen LogP contribution in [0.1, 0.15) is 0 Å². The minimum absolute atomic E-state index is 0.640. The molecule has 0 aliphatic carbocycles. The first kappa shape index (κ1) is 31.9. The highest BCUT2D eigenvalue weighted by atomic mass is 15.0. The normalized spacial score (nSPS) is 11.6. The molecule has 0 radical (unpaired) electrons. The topological polar surface area (TPSA) is 59.4 Å². The zero-order valence-corrected chi connectivity index (χ0v) is 30.3. The SMILES string of the molecule is c1ccc(-c2cccc(-n3c4ccccc4c4c5[nH]c6c(-c7ccc(-c8nc(-c9ccccc9)nc(-c9ccccc9)n8)cc7)cccc6c5ccc43)c2)cc1. The second kappa shape index (κ2) is 13.0. The van der Waals surface area contributed by atoms with E-state index in [0.717, 1.165) is 44.5 Å². The van der Waals surface area contributed by atoms with E-state index in [0.29, 0.717) is 17.5 Å². The molecule has 262 valence electrons. The minimum Gasteiger partial charge on any atom is -0.353 e. The fourth-order valence-electron chi connectivity index (χ4n) is 8.16. The van der Waals surface area contributed by atoms with Crippen LogP contribution in [0.5, 0.6) is 0 Å². The third kappa shape index (κ3) is 5.29. The van der Waals surface area contributed by atoms with Crippen LogP contribution in [0.2, 0.25) is 0 Å². The Hall–Kier alpha value is -7.63. The monoisotopic (exact) mass is 715 g/mol. The van der Waals surface area contributed by atoms with Crippen molar-refractivity contribution in [1.29, 1.82) is 0 Å². The number of fused-ring (bicyclic) bond motifs is 7. The van der Waals surface area contributed by atoms with Gasteiger partial charge in [-0.25, -0.2) is 15.0 Å². The van der Waals surface area contributed by atoms with E-state index in [1.165, 1.54) is 43.7 Å². The summed E-state index contributed by atoms with van der Waals surface area (Å²) in [6.45, 7) is 0. The minimum atomic E-state index is 0.640. The van der Waals surface area contributed by atoms with Crippen molar-refractivity contribution in [3.8, 4) is 62.1 Å². The number of para-hydroxylation sites is 2. The highest BCUT2D eigenvalue weighted by Crippen LogP contribution is 2.41. The van der Waals surface area contributed by atoms with Crippen LogP contribution >= 0.6 is 0 Å². The zero-order chi connectivity index (χ0) is 37.0. The maximum Gasteiger partial charge on any atom is 0.164 e. The van der Waals surface area contributed by atoms with E-state index in [1.54, 1.807) is 0 Å². The molecule has 11 rings (SSSR count). The summed E-state index contributed by atoms with van der Waals surface area (Å²) in [6.07, 6.45) is 0. The van der Waals surface area contributed by atoms with E-state index < -0.39 is 0 Å². The van der Waals surface area contributed by atoms with Crippen LogP contribution in [0.15, 0.2) is 194 Å². The first-order valence-corrected chi connectivity index (χ1v) is 18.9. The van der Waals surface area contributed by atoms with Crippen molar-refractivity contribution in [3.05, 3.63) is 194 Å². The molecule has 3 heterocycles. The molecule has 0 aliphatic rings. The maximum atomic E-state index is 4.95. The standard InChI is InChI=1S/C51H33N5/c1-4-14-33(15-5-1)38-20-12-21-39(32-38)56-44-25-11-10-22-43(44)46-45(56)31-30-42-41-24-13-23-40(47(41)52-48(42)46)34-26-28-37(29-27-34)51-54-49(35-16-6-2-7-17-35)53-50(55-51)36-18-8-3-9-19-36/h1-32,52H. The molecule has 8 aromatic carbocycles. The Balaban J connectivity index is 1.04. The fraction of sp³-hybridized carbons (Fsp3) is 0. The molecule has 0 bridgehead atoms. The van der Waals surface area contributed by atoms with E-state index >= 15 is 0 Å². The van der Waals surface area contributed by atoms with Crippen molar-refractivity contribution in [1.82, 2.24) is 24.5 Å². The molecular formula is C51H33N5. The van der Waals surface area contributed by atoms with Crippen LogP contribution in [0.25, 0.3) is 106 Å². The molecule has 0 saturated carbocycles. The van der Waals surface area contributed by atoms with Gasteiger partial charge in [0.15, 0.2) is 17.5 Å². The average molecular weight is 716 g/mol. The summed E-state index contributed by atoms with van der Waals surface area (Å²) < 4.78 is 2.40. The summed E-state index contributed by atoms with van der Waals surface area (Å²) in [6, 6.07) is 68.1. The Morgan fingerprint density at radius 2 is 0.857 bits per heavy atom. The van der Waals surface area contributed by atoms with Gasteiger partial charge in [0.25, 0.3) is 0 Å². The van der Waals surface area contributed by atoms with Crippen molar-refractivity contribution in [2.75, 3.05) is 0 Å². The van der Waals surface area contributed by atoms with Gasteiger partial charge in [-0.1, -0.05) is 170 Å². The van der Waals surface area contributed by atoms with Crippen LogP contribution in [-0.2, 0) is 0 Å². The molecule has 11 aromatic rings. The second-order valence-electron chi connectivity index (χ2n) is 14.1. The van der Waals surface area contributed by atoms with Gasteiger partial charge < -0.3 is 9.55 Å². The lowest BCUT2D eigenvalue weighted by atomic mass is 10.0. The van der Waals surface area contributed by atoms with E-state index in [4.69, 9.17) is 15.0 Å². The number of nitrogens with zero attached hydrogens (tertiary/aromatic N) is 4. The molecule has 3 aromatic heterocycles. The van der Waals surface area contributed by atoms with Gasteiger partial charge in [-0.2, -0.15) is 0 Å². The predicted molar refractivity (Wildman–Crippen MR) is 231 cm³/mol.